The number of benzene rings is 1. The quantitative estimate of drug-likeness (QED) is 0.273. The third-order valence-corrected chi connectivity index (χ3v) is 11.4. The maximum absolute atomic E-state index is 14.5. The average molecular weight is 728 g/mol. The van der Waals surface area contributed by atoms with E-state index in [9.17, 15) is 27.6 Å². The Morgan fingerprint density at radius 3 is 2.53 bits per heavy atom. The molecular formula is C36H49N5O9S. The third kappa shape index (κ3) is 8.40. The van der Waals surface area contributed by atoms with E-state index in [1.807, 2.05) is 25.1 Å². The minimum absolute atomic E-state index is 0.0178. The number of unbranched alkanes of at least 4 members (excludes halogenated alkanes) is 1. The minimum Gasteiger partial charge on any atom is -0.497 e. The molecule has 15 heteroatoms. The van der Waals surface area contributed by atoms with E-state index in [-0.39, 0.29) is 19.4 Å². The second-order valence-electron chi connectivity index (χ2n) is 14.6. The predicted molar refractivity (Wildman–Crippen MR) is 189 cm³/mol. The number of carbonyl (C=O) groups excluding carboxylic acids is 4. The highest BCUT2D eigenvalue weighted by Gasteiger charge is 2.62. The highest BCUT2D eigenvalue weighted by molar-refractivity contribution is 7.91. The topological polar surface area (TPSA) is 174 Å². The number of carbonyl (C=O) groups is 4. The van der Waals surface area contributed by atoms with Crippen molar-refractivity contribution < 1.29 is 41.8 Å². The number of methoxy groups -OCH3 is 1. The van der Waals surface area contributed by atoms with Gasteiger partial charge in [0.15, 0.2) is 0 Å². The van der Waals surface area contributed by atoms with Gasteiger partial charge in [0.2, 0.25) is 27.7 Å². The van der Waals surface area contributed by atoms with Gasteiger partial charge in [-0.25, -0.2) is 18.2 Å². The van der Waals surface area contributed by atoms with E-state index in [2.05, 4.69) is 21.6 Å². The number of sulfonamides is 1. The van der Waals surface area contributed by atoms with Crippen molar-refractivity contribution in [3.8, 4) is 11.6 Å². The van der Waals surface area contributed by atoms with E-state index < -0.39 is 74.3 Å². The lowest BCUT2D eigenvalue weighted by Crippen LogP contribution is -2.58. The van der Waals surface area contributed by atoms with Crippen molar-refractivity contribution in [2.24, 2.45) is 5.92 Å². The first-order chi connectivity index (χ1) is 24.0. The fourth-order valence-electron chi connectivity index (χ4n) is 6.43. The van der Waals surface area contributed by atoms with Crippen LogP contribution in [0, 0.1) is 5.92 Å². The van der Waals surface area contributed by atoms with Crippen molar-refractivity contribution in [2.75, 3.05) is 20.7 Å². The molecule has 1 aliphatic heterocycles. The Hall–Kier alpha value is -4.40. The number of likely N-dealkylation sites (N-methyl/N-ethyl adjacent to an activating group) is 1. The summed E-state index contributed by atoms with van der Waals surface area (Å²) in [4.78, 5) is 62.5. The van der Waals surface area contributed by atoms with Crippen LogP contribution in [0.4, 0.5) is 4.79 Å². The monoisotopic (exact) mass is 727 g/mol. The molecule has 3 fully saturated rings. The number of aromatic nitrogens is 1. The molecule has 2 aliphatic carbocycles. The molecule has 5 atom stereocenters. The molecule has 2 saturated carbocycles. The zero-order valence-electron chi connectivity index (χ0n) is 30.1. The maximum atomic E-state index is 14.5. The Morgan fingerprint density at radius 1 is 1.20 bits per heavy atom. The van der Waals surface area contributed by atoms with Crippen LogP contribution in [0.25, 0.3) is 10.8 Å². The van der Waals surface area contributed by atoms with E-state index in [1.54, 1.807) is 40.1 Å². The number of amides is 4. The zero-order chi connectivity index (χ0) is 37.3. The summed E-state index contributed by atoms with van der Waals surface area (Å²) in [7, 11) is -0.821. The van der Waals surface area contributed by atoms with Crippen molar-refractivity contribution in [3.63, 3.8) is 0 Å². The number of hydrogen-bond acceptors (Lipinski definition) is 10. The van der Waals surface area contributed by atoms with E-state index >= 15 is 0 Å². The smallest absolute Gasteiger partial charge is 0.410 e. The lowest BCUT2D eigenvalue weighted by atomic mass is 10.1. The van der Waals surface area contributed by atoms with E-state index in [0.717, 1.165) is 11.8 Å². The van der Waals surface area contributed by atoms with Crippen LogP contribution in [0.15, 0.2) is 43.1 Å². The van der Waals surface area contributed by atoms with Crippen LogP contribution in [-0.4, -0.2) is 102 Å². The Kier molecular flexibility index (Phi) is 10.9. The summed E-state index contributed by atoms with van der Waals surface area (Å²) in [5.74, 6) is -1.52. The third-order valence-electron chi connectivity index (χ3n) is 9.58. The van der Waals surface area contributed by atoms with Gasteiger partial charge in [-0.1, -0.05) is 25.8 Å². The zero-order valence-corrected chi connectivity index (χ0v) is 31.0. The van der Waals surface area contributed by atoms with Crippen LogP contribution in [-0.2, 0) is 29.1 Å². The fourth-order valence-corrected chi connectivity index (χ4v) is 7.80. The molecule has 2 heterocycles. The van der Waals surface area contributed by atoms with Gasteiger partial charge in [0.25, 0.3) is 5.91 Å². The van der Waals surface area contributed by atoms with Gasteiger partial charge in [-0.2, -0.15) is 0 Å². The summed E-state index contributed by atoms with van der Waals surface area (Å²) in [6.07, 6.45) is 4.53. The largest absolute Gasteiger partial charge is 0.497 e. The molecule has 3 aliphatic rings. The van der Waals surface area contributed by atoms with E-state index in [0.29, 0.717) is 42.7 Å². The highest BCUT2D eigenvalue weighted by atomic mass is 32.2. The molecule has 278 valence electrons. The van der Waals surface area contributed by atoms with Crippen molar-refractivity contribution in [1.29, 1.82) is 0 Å². The number of nitrogens with one attached hydrogen (secondary N) is 2. The number of nitrogens with zero attached hydrogens (tertiary/aromatic N) is 3. The molecule has 1 unspecified atom stereocenters. The summed E-state index contributed by atoms with van der Waals surface area (Å²) in [5.41, 5.74) is -2.35. The number of rotatable bonds is 14. The van der Waals surface area contributed by atoms with E-state index in [4.69, 9.17) is 14.2 Å². The second-order valence-corrected chi connectivity index (χ2v) is 16.6. The van der Waals surface area contributed by atoms with Crippen LogP contribution in [0.2, 0.25) is 0 Å². The highest BCUT2D eigenvalue weighted by Crippen LogP contribution is 2.45. The average Bonchev–Trinajstić information content (AvgIpc) is 4.00. The van der Waals surface area contributed by atoms with Crippen molar-refractivity contribution in [1.82, 2.24) is 24.8 Å². The number of hydrogen-bond donors (Lipinski definition) is 2. The molecule has 2 N–H and O–H groups in total. The van der Waals surface area contributed by atoms with Crippen LogP contribution in [0.5, 0.6) is 11.6 Å². The molecular weight excluding hydrogens is 678 g/mol. The van der Waals surface area contributed by atoms with Gasteiger partial charge < -0.3 is 24.4 Å². The lowest BCUT2D eigenvalue weighted by molar-refractivity contribution is -0.143. The molecule has 0 radical (unpaired) electrons. The first kappa shape index (κ1) is 37.8. The van der Waals surface area contributed by atoms with Gasteiger partial charge in [-0.15, -0.1) is 6.58 Å². The molecule has 0 bridgehead atoms. The summed E-state index contributed by atoms with van der Waals surface area (Å²) in [6, 6.07) is 5.17. The number of ether oxygens (including phenoxy) is 3. The molecule has 2 aromatic rings. The van der Waals surface area contributed by atoms with Crippen LogP contribution in [0.3, 0.4) is 0 Å². The molecule has 1 aromatic carbocycles. The second kappa shape index (κ2) is 14.7. The minimum atomic E-state index is -3.89. The van der Waals surface area contributed by atoms with E-state index in [1.165, 1.54) is 22.9 Å². The molecule has 5 rings (SSSR count). The Balaban J connectivity index is 1.45. The number of fused-ring (bicyclic) bond motifs is 1. The van der Waals surface area contributed by atoms with Crippen LogP contribution in [0.1, 0.15) is 72.6 Å². The standard InChI is InChI=1S/C36H49N5O9S/c1-8-10-11-28(40(6)34(45)50-35(3,4)5)32(43)41-21-25(49-31-27-15-12-24(48-7)18-22(27)16-17-37-31)19-29(41)30(42)38-36(20-23(36)9-2)33(44)39-51(46,47)26-13-14-26/h9,12,15-18,23,25-26,28-29H,2,8,10-11,13-14,19-21H2,1,3-7H3,(H,38,42)(H,39,44)/t23-,25?,28+,29+,36-/m1/s1. The van der Waals surface area contributed by atoms with Crippen LogP contribution < -0.4 is 19.5 Å². The van der Waals surface area contributed by atoms with Gasteiger partial charge in [-0.05, 0) is 76.1 Å². The maximum Gasteiger partial charge on any atom is 0.410 e. The lowest BCUT2D eigenvalue weighted by Gasteiger charge is -2.34. The van der Waals surface area contributed by atoms with Crippen molar-refractivity contribution >= 4 is 44.6 Å². The van der Waals surface area contributed by atoms with Gasteiger partial charge in [0, 0.05) is 31.0 Å². The summed E-state index contributed by atoms with van der Waals surface area (Å²) in [5, 5.41) is 3.68. The van der Waals surface area contributed by atoms with Gasteiger partial charge in [0.1, 0.15) is 35.1 Å². The summed E-state index contributed by atoms with van der Waals surface area (Å²) >= 11 is 0. The Bertz CT molecular complexity index is 1790. The fraction of sp³-hybridized carbons (Fsp3) is 0.583. The van der Waals surface area contributed by atoms with Crippen molar-refractivity contribution in [2.45, 2.75) is 107 Å². The molecule has 0 spiro atoms. The first-order valence-electron chi connectivity index (χ1n) is 17.4. The Labute approximate surface area is 299 Å². The SMILES string of the molecule is C=C[C@@H]1C[C@]1(NC(=O)[C@@H]1CC(Oc2nccc3cc(OC)ccc23)CN1C(=O)[C@H](CCCC)N(C)C(=O)OC(C)(C)C)C(=O)NS(=O)(=O)C1CC1. The summed E-state index contributed by atoms with van der Waals surface area (Å²) in [6.45, 7) is 10.9. The normalized spacial score (nSPS) is 23.6. The molecule has 4 amide bonds. The number of pyridine rings is 1. The molecule has 51 heavy (non-hydrogen) atoms. The van der Waals surface area contributed by atoms with Crippen LogP contribution >= 0.6 is 0 Å². The predicted octanol–water partition coefficient (Wildman–Crippen LogP) is 3.69. The van der Waals surface area contributed by atoms with Gasteiger partial charge in [0.05, 0.1) is 18.9 Å². The first-order valence-corrected chi connectivity index (χ1v) is 18.9. The molecule has 1 saturated heterocycles. The van der Waals surface area contributed by atoms with Crippen molar-refractivity contribution in [3.05, 3.63) is 43.1 Å². The summed E-state index contributed by atoms with van der Waals surface area (Å²) < 4.78 is 44.8. The van der Waals surface area contributed by atoms with Gasteiger partial charge >= 0.3 is 6.09 Å². The van der Waals surface area contributed by atoms with Gasteiger partial charge in [-0.3, -0.25) is 24.0 Å². The Morgan fingerprint density at radius 2 is 1.92 bits per heavy atom. The molecule has 1 aromatic heterocycles. The number of likely N-dealkylation sites (tertiary alicyclic amines) is 1. The molecule has 14 nitrogen and oxygen atoms in total.